The van der Waals surface area contributed by atoms with Gasteiger partial charge in [0.1, 0.15) is 0 Å². The fraction of sp³-hybridized carbons (Fsp3) is 0.765. The maximum atomic E-state index is 3.74. The molecule has 0 spiro atoms. The summed E-state index contributed by atoms with van der Waals surface area (Å²) in [5.74, 6) is 2.48. The Balaban J connectivity index is 1.93. The van der Waals surface area contributed by atoms with E-state index < -0.39 is 0 Å². The quantitative estimate of drug-likeness (QED) is 0.857. The lowest BCUT2D eigenvalue weighted by Crippen LogP contribution is -2.48. The van der Waals surface area contributed by atoms with Crippen LogP contribution < -0.4 is 5.32 Å². The van der Waals surface area contributed by atoms with Gasteiger partial charge in [-0.25, -0.2) is 0 Å². The summed E-state index contributed by atoms with van der Waals surface area (Å²) in [4.78, 5) is 3.98. The fourth-order valence-electron chi connectivity index (χ4n) is 3.81. The van der Waals surface area contributed by atoms with Gasteiger partial charge >= 0.3 is 0 Å². The van der Waals surface area contributed by atoms with Gasteiger partial charge in [0.15, 0.2) is 0 Å². The minimum Gasteiger partial charge on any atom is -0.314 e. The molecule has 0 bridgehead atoms. The Labute approximate surface area is 128 Å². The van der Waals surface area contributed by atoms with Crippen LogP contribution in [0.5, 0.6) is 0 Å². The molecule has 1 aromatic heterocycles. The molecule has 4 atom stereocenters. The highest BCUT2D eigenvalue weighted by Gasteiger charge is 2.33. The van der Waals surface area contributed by atoms with Gasteiger partial charge in [-0.2, -0.15) is 0 Å². The van der Waals surface area contributed by atoms with Crippen molar-refractivity contribution in [1.82, 2.24) is 10.2 Å². The second kappa shape index (κ2) is 7.58. The van der Waals surface area contributed by atoms with Crippen LogP contribution in [0.4, 0.5) is 0 Å². The van der Waals surface area contributed by atoms with Crippen LogP contribution in [0.2, 0.25) is 0 Å². The molecule has 1 fully saturated rings. The van der Waals surface area contributed by atoms with Crippen molar-refractivity contribution in [3.63, 3.8) is 0 Å². The van der Waals surface area contributed by atoms with Crippen molar-refractivity contribution in [1.29, 1.82) is 0 Å². The zero-order valence-corrected chi connectivity index (χ0v) is 14.2. The lowest BCUT2D eigenvalue weighted by atomic mass is 9.72. The Hall–Kier alpha value is -0.380. The number of nitrogens with one attached hydrogen (secondary N) is 1. The van der Waals surface area contributed by atoms with Crippen LogP contribution in [0, 0.1) is 17.8 Å². The number of rotatable bonds is 6. The maximum absolute atomic E-state index is 3.74. The molecule has 1 N–H and O–H groups in total. The number of thiophene rings is 1. The maximum Gasteiger partial charge on any atom is 0.0324 e. The summed E-state index contributed by atoms with van der Waals surface area (Å²) in [5.41, 5.74) is 0. The van der Waals surface area contributed by atoms with E-state index in [0.717, 1.165) is 30.8 Å². The fourth-order valence-corrected chi connectivity index (χ4v) is 4.59. The first-order valence-corrected chi connectivity index (χ1v) is 8.92. The molecule has 2 nitrogen and oxygen atoms in total. The predicted molar refractivity (Wildman–Crippen MR) is 89.2 cm³/mol. The van der Waals surface area contributed by atoms with Crippen LogP contribution in [0.25, 0.3) is 0 Å². The zero-order chi connectivity index (χ0) is 14.5. The molecule has 0 amide bonds. The molecule has 1 saturated carbocycles. The zero-order valence-electron chi connectivity index (χ0n) is 13.4. The smallest absolute Gasteiger partial charge is 0.0324 e. The van der Waals surface area contributed by atoms with Gasteiger partial charge in [-0.05, 0) is 55.6 Å². The second-order valence-corrected chi connectivity index (χ2v) is 7.69. The Kier molecular flexibility index (Phi) is 6.06. The summed E-state index contributed by atoms with van der Waals surface area (Å²) >= 11 is 1.87. The van der Waals surface area contributed by atoms with Gasteiger partial charge < -0.3 is 10.2 Å². The van der Waals surface area contributed by atoms with Crippen LogP contribution in [-0.2, 0) is 6.54 Å². The van der Waals surface area contributed by atoms with Crippen molar-refractivity contribution >= 4 is 11.3 Å². The predicted octanol–water partition coefficient (Wildman–Crippen LogP) is 3.84. The molecular weight excluding hydrogens is 264 g/mol. The Morgan fingerprint density at radius 3 is 2.80 bits per heavy atom. The average Bonchev–Trinajstić information content (AvgIpc) is 2.86. The van der Waals surface area contributed by atoms with Gasteiger partial charge in [0.25, 0.3) is 0 Å². The summed E-state index contributed by atoms with van der Waals surface area (Å²) in [5, 5.41) is 5.91. The molecule has 4 unspecified atom stereocenters. The van der Waals surface area contributed by atoms with Crippen LogP contribution in [-0.4, -0.2) is 31.1 Å². The molecular formula is C17H30N2S. The minimum absolute atomic E-state index is 0.699. The highest BCUT2D eigenvalue weighted by Crippen LogP contribution is 2.34. The van der Waals surface area contributed by atoms with Gasteiger partial charge in [0, 0.05) is 24.0 Å². The second-order valence-electron chi connectivity index (χ2n) is 6.66. The average molecular weight is 295 g/mol. The molecule has 1 heterocycles. The summed E-state index contributed by atoms with van der Waals surface area (Å²) in [6.07, 6.45) is 2.73. The third-order valence-corrected chi connectivity index (χ3v) is 5.53. The van der Waals surface area contributed by atoms with Crippen LogP contribution in [0.15, 0.2) is 17.5 Å². The van der Waals surface area contributed by atoms with Crippen LogP contribution in [0.3, 0.4) is 0 Å². The van der Waals surface area contributed by atoms with Gasteiger partial charge in [-0.15, -0.1) is 11.3 Å². The van der Waals surface area contributed by atoms with E-state index in [9.17, 15) is 0 Å². The first-order valence-electron chi connectivity index (χ1n) is 8.04. The largest absolute Gasteiger partial charge is 0.314 e. The Morgan fingerprint density at radius 2 is 2.15 bits per heavy atom. The van der Waals surface area contributed by atoms with Crippen molar-refractivity contribution in [2.24, 2.45) is 17.8 Å². The standard InChI is InChI=1S/C17H30N2S/c1-5-18-17-10-13(2)9-14(3)16(17)12-19(4)11-15-7-6-8-20-15/h6-8,13-14,16-18H,5,9-12H2,1-4H3. The minimum atomic E-state index is 0.699. The van der Waals surface area contributed by atoms with E-state index in [1.54, 1.807) is 0 Å². The molecule has 1 aromatic rings. The molecule has 0 aliphatic heterocycles. The highest BCUT2D eigenvalue weighted by atomic mass is 32.1. The SMILES string of the molecule is CCNC1CC(C)CC(C)C1CN(C)Cc1cccs1. The summed E-state index contributed by atoms with van der Waals surface area (Å²) in [7, 11) is 2.27. The molecule has 0 aromatic carbocycles. The van der Waals surface area contributed by atoms with Gasteiger partial charge in [-0.1, -0.05) is 26.8 Å². The lowest BCUT2D eigenvalue weighted by molar-refractivity contribution is 0.110. The topological polar surface area (TPSA) is 15.3 Å². The lowest BCUT2D eigenvalue weighted by Gasteiger charge is -2.41. The highest BCUT2D eigenvalue weighted by molar-refractivity contribution is 7.09. The van der Waals surface area contributed by atoms with Crippen molar-refractivity contribution in [2.45, 2.75) is 46.2 Å². The van der Waals surface area contributed by atoms with Crippen LogP contribution >= 0.6 is 11.3 Å². The van der Waals surface area contributed by atoms with E-state index in [-0.39, 0.29) is 0 Å². The van der Waals surface area contributed by atoms with E-state index in [2.05, 4.69) is 55.5 Å². The van der Waals surface area contributed by atoms with E-state index in [4.69, 9.17) is 0 Å². The van der Waals surface area contributed by atoms with Crippen LogP contribution in [0.1, 0.15) is 38.5 Å². The number of nitrogens with zero attached hydrogens (tertiary/aromatic N) is 1. The molecule has 0 saturated heterocycles. The third-order valence-electron chi connectivity index (χ3n) is 4.67. The molecule has 3 heteroatoms. The molecule has 0 radical (unpaired) electrons. The third kappa shape index (κ3) is 4.31. The first kappa shape index (κ1) is 16.0. The van der Waals surface area contributed by atoms with Gasteiger partial charge in [0.05, 0.1) is 0 Å². The van der Waals surface area contributed by atoms with Crippen molar-refractivity contribution < 1.29 is 0 Å². The number of hydrogen-bond donors (Lipinski definition) is 1. The van der Waals surface area contributed by atoms with E-state index in [1.807, 2.05) is 11.3 Å². The van der Waals surface area contributed by atoms with Crippen molar-refractivity contribution in [2.75, 3.05) is 20.1 Å². The van der Waals surface area contributed by atoms with E-state index in [1.165, 1.54) is 24.3 Å². The molecule has 1 aliphatic carbocycles. The van der Waals surface area contributed by atoms with Gasteiger partial charge in [0.2, 0.25) is 0 Å². The van der Waals surface area contributed by atoms with E-state index >= 15 is 0 Å². The molecule has 20 heavy (non-hydrogen) atoms. The summed E-state index contributed by atoms with van der Waals surface area (Å²) in [6.45, 7) is 10.5. The van der Waals surface area contributed by atoms with Crippen molar-refractivity contribution in [3.05, 3.63) is 22.4 Å². The van der Waals surface area contributed by atoms with Crippen molar-refractivity contribution in [3.8, 4) is 0 Å². The summed E-state index contributed by atoms with van der Waals surface area (Å²) < 4.78 is 0. The molecule has 114 valence electrons. The number of hydrogen-bond acceptors (Lipinski definition) is 3. The Morgan fingerprint density at radius 1 is 1.35 bits per heavy atom. The monoisotopic (exact) mass is 294 g/mol. The first-order chi connectivity index (χ1) is 9.60. The normalized spacial score (nSPS) is 30.9. The Bertz CT molecular complexity index is 376. The summed E-state index contributed by atoms with van der Waals surface area (Å²) in [6, 6.07) is 5.10. The van der Waals surface area contributed by atoms with E-state index in [0.29, 0.717) is 6.04 Å². The van der Waals surface area contributed by atoms with Gasteiger partial charge in [-0.3, -0.25) is 0 Å². The molecule has 1 aliphatic rings. The molecule has 2 rings (SSSR count).